The monoisotopic (exact) mass is 610 g/mol. The van der Waals surface area contributed by atoms with Crippen LogP contribution in [0.2, 0.25) is 0 Å². The second-order valence-electron chi connectivity index (χ2n) is 11.9. The van der Waals surface area contributed by atoms with Gasteiger partial charge in [0.25, 0.3) is 0 Å². The first kappa shape index (κ1) is 27.4. The minimum atomic E-state index is 0.543. The molecular formula is C44H26N4. The second-order valence-corrected chi connectivity index (χ2v) is 11.9. The van der Waals surface area contributed by atoms with Crippen LogP contribution in [0.3, 0.4) is 0 Å². The summed E-state index contributed by atoms with van der Waals surface area (Å²) in [5.41, 5.74) is 10.6. The SMILES string of the molecule is N#Cc1cccc(-c2cccc(-c3cccc4c3c3ccccc3n4-c3ccccc3)c2C#N)c1-n1c2ccccc2c2ccccc21. The molecule has 4 nitrogen and oxygen atoms in total. The second kappa shape index (κ2) is 10.9. The van der Waals surface area contributed by atoms with Crippen LogP contribution in [0.15, 0.2) is 158 Å². The van der Waals surface area contributed by atoms with Gasteiger partial charge in [0.05, 0.1) is 38.9 Å². The molecule has 0 amide bonds. The molecule has 0 bridgehead atoms. The summed E-state index contributed by atoms with van der Waals surface area (Å²) in [4.78, 5) is 0. The zero-order valence-corrected chi connectivity index (χ0v) is 25.8. The van der Waals surface area contributed by atoms with Gasteiger partial charge in [0.15, 0.2) is 0 Å². The summed E-state index contributed by atoms with van der Waals surface area (Å²) in [5.74, 6) is 0. The summed E-state index contributed by atoms with van der Waals surface area (Å²) < 4.78 is 4.47. The number of para-hydroxylation sites is 5. The molecule has 0 aliphatic rings. The fraction of sp³-hybridized carbons (Fsp3) is 0. The summed E-state index contributed by atoms with van der Waals surface area (Å²) in [6.45, 7) is 0. The lowest BCUT2D eigenvalue weighted by Crippen LogP contribution is -2.02. The lowest BCUT2D eigenvalue weighted by atomic mass is 9.89. The quantitative estimate of drug-likeness (QED) is 0.199. The normalized spacial score (nSPS) is 11.3. The molecule has 0 aliphatic heterocycles. The third-order valence-electron chi connectivity index (χ3n) is 9.43. The summed E-state index contributed by atoms with van der Waals surface area (Å²) in [6, 6.07) is 58.7. The van der Waals surface area contributed by atoms with E-state index < -0.39 is 0 Å². The summed E-state index contributed by atoms with van der Waals surface area (Å²) in [7, 11) is 0. The largest absolute Gasteiger partial charge is 0.309 e. The van der Waals surface area contributed by atoms with Gasteiger partial charge in [0.2, 0.25) is 0 Å². The van der Waals surface area contributed by atoms with Crippen LogP contribution < -0.4 is 0 Å². The highest BCUT2D eigenvalue weighted by Crippen LogP contribution is 2.43. The van der Waals surface area contributed by atoms with Crippen LogP contribution in [0.25, 0.3) is 77.2 Å². The number of aromatic nitrogens is 2. The van der Waals surface area contributed by atoms with E-state index >= 15 is 0 Å². The minimum Gasteiger partial charge on any atom is -0.309 e. The zero-order chi connectivity index (χ0) is 32.2. The van der Waals surface area contributed by atoms with Gasteiger partial charge in [-0.15, -0.1) is 0 Å². The van der Waals surface area contributed by atoms with Crippen molar-refractivity contribution >= 4 is 43.6 Å². The predicted molar refractivity (Wildman–Crippen MR) is 195 cm³/mol. The summed E-state index contributed by atoms with van der Waals surface area (Å²) >= 11 is 0. The molecule has 0 aliphatic carbocycles. The highest BCUT2D eigenvalue weighted by molar-refractivity contribution is 6.16. The molecule has 0 saturated carbocycles. The van der Waals surface area contributed by atoms with Crippen molar-refractivity contribution in [1.29, 1.82) is 10.5 Å². The minimum absolute atomic E-state index is 0.543. The molecule has 0 N–H and O–H groups in total. The Kier molecular flexibility index (Phi) is 6.22. The van der Waals surface area contributed by atoms with E-state index in [-0.39, 0.29) is 0 Å². The molecule has 2 aromatic heterocycles. The highest BCUT2D eigenvalue weighted by Gasteiger charge is 2.23. The Bertz CT molecular complexity index is 2750. The van der Waals surface area contributed by atoms with E-state index in [1.54, 1.807) is 0 Å². The number of benzene rings is 7. The molecule has 0 saturated heterocycles. The van der Waals surface area contributed by atoms with E-state index in [0.717, 1.165) is 77.2 Å². The molecule has 0 fully saturated rings. The molecule has 222 valence electrons. The average molecular weight is 611 g/mol. The van der Waals surface area contributed by atoms with Crippen molar-refractivity contribution in [2.45, 2.75) is 0 Å². The Labute approximate surface area is 277 Å². The molecule has 2 heterocycles. The first-order valence-corrected chi connectivity index (χ1v) is 15.9. The zero-order valence-electron chi connectivity index (χ0n) is 25.8. The molecular weight excluding hydrogens is 585 g/mol. The molecule has 4 heteroatoms. The maximum absolute atomic E-state index is 11.0. The van der Waals surface area contributed by atoms with Crippen molar-refractivity contribution in [3.05, 3.63) is 169 Å². The number of nitrogens with zero attached hydrogens (tertiary/aromatic N) is 4. The Balaban J connectivity index is 1.35. The maximum atomic E-state index is 11.0. The topological polar surface area (TPSA) is 57.4 Å². The fourth-order valence-corrected chi connectivity index (χ4v) is 7.48. The van der Waals surface area contributed by atoms with Crippen LogP contribution in [-0.2, 0) is 0 Å². The average Bonchev–Trinajstić information content (AvgIpc) is 3.67. The van der Waals surface area contributed by atoms with Gasteiger partial charge in [-0.1, -0.05) is 115 Å². The molecule has 9 aromatic rings. The third-order valence-corrected chi connectivity index (χ3v) is 9.43. The van der Waals surface area contributed by atoms with E-state index in [2.05, 4.69) is 112 Å². The van der Waals surface area contributed by atoms with Gasteiger partial charge in [0.1, 0.15) is 12.1 Å². The highest BCUT2D eigenvalue weighted by atomic mass is 15.0. The maximum Gasteiger partial charge on any atom is 0.101 e. The van der Waals surface area contributed by atoms with E-state index in [1.165, 1.54) is 0 Å². The number of hydrogen-bond donors (Lipinski definition) is 0. The van der Waals surface area contributed by atoms with Gasteiger partial charge < -0.3 is 9.13 Å². The van der Waals surface area contributed by atoms with Gasteiger partial charge in [-0.05, 0) is 48.0 Å². The van der Waals surface area contributed by atoms with Crippen LogP contribution in [0.4, 0.5) is 0 Å². The first-order valence-electron chi connectivity index (χ1n) is 15.9. The first-order chi connectivity index (χ1) is 23.8. The lowest BCUT2D eigenvalue weighted by Gasteiger charge is -2.18. The van der Waals surface area contributed by atoms with E-state index in [1.807, 2.05) is 66.7 Å². The van der Waals surface area contributed by atoms with Crippen molar-refractivity contribution in [3.63, 3.8) is 0 Å². The molecule has 0 spiro atoms. The molecule has 0 unspecified atom stereocenters. The van der Waals surface area contributed by atoms with Gasteiger partial charge >= 0.3 is 0 Å². The molecule has 9 rings (SSSR count). The number of nitriles is 2. The number of fused-ring (bicyclic) bond motifs is 6. The van der Waals surface area contributed by atoms with Gasteiger partial charge in [-0.25, -0.2) is 0 Å². The van der Waals surface area contributed by atoms with E-state index in [9.17, 15) is 10.5 Å². The van der Waals surface area contributed by atoms with E-state index in [4.69, 9.17) is 0 Å². The molecule has 48 heavy (non-hydrogen) atoms. The number of hydrogen-bond acceptors (Lipinski definition) is 2. The van der Waals surface area contributed by atoms with E-state index in [0.29, 0.717) is 11.1 Å². The Hall–Kier alpha value is -6.88. The third kappa shape index (κ3) is 3.94. The Morgan fingerprint density at radius 3 is 1.54 bits per heavy atom. The van der Waals surface area contributed by atoms with Crippen LogP contribution >= 0.6 is 0 Å². The van der Waals surface area contributed by atoms with Crippen LogP contribution in [0.1, 0.15) is 11.1 Å². The Morgan fingerprint density at radius 2 is 0.875 bits per heavy atom. The lowest BCUT2D eigenvalue weighted by molar-refractivity contribution is 1.17. The van der Waals surface area contributed by atoms with Gasteiger partial charge in [-0.2, -0.15) is 10.5 Å². The van der Waals surface area contributed by atoms with Gasteiger partial charge in [-0.3, -0.25) is 0 Å². The standard InChI is InChI=1S/C44H26N4/c45-27-29-13-10-22-36(44(29)48-39-23-7-4-16-33(39)34-17-5-8-24-40(34)48)32-20-11-19-31(38(32)28-46)35-21-12-26-42-43(35)37-18-6-9-25-41(37)47(42)30-14-2-1-3-15-30/h1-26H. The molecule has 7 aromatic carbocycles. The fourth-order valence-electron chi connectivity index (χ4n) is 7.48. The summed E-state index contributed by atoms with van der Waals surface area (Å²) in [6.07, 6.45) is 0. The smallest absolute Gasteiger partial charge is 0.101 e. The number of rotatable bonds is 4. The van der Waals surface area contributed by atoms with Crippen molar-refractivity contribution in [3.8, 4) is 45.8 Å². The Morgan fingerprint density at radius 1 is 0.375 bits per heavy atom. The molecule has 0 radical (unpaired) electrons. The van der Waals surface area contributed by atoms with Gasteiger partial charge in [0, 0.05) is 43.9 Å². The van der Waals surface area contributed by atoms with Crippen LogP contribution in [0.5, 0.6) is 0 Å². The van der Waals surface area contributed by atoms with Crippen molar-refractivity contribution in [1.82, 2.24) is 9.13 Å². The predicted octanol–water partition coefficient (Wildman–Crippen LogP) is 11.0. The summed E-state index contributed by atoms with van der Waals surface area (Å²) in [5, 5.41) is 25.9. The van der Waals surface area contributed by atoms with Crippen LogP contribution in [-0.4, -0.2) is 9.13 Å². The van der Waals surface area contributed by atoms with Crippen LogP contribution in [0, 0.1) is 22.7 Å². The van der Waals surface area contributed by atoms with Crippen molar-refractivity contribution in [2.75, 3.05) is 0 Å². The molecule has 0 atom stereocenters. The van der Waals surface area contributed by atoms with Crippen molar-refractivity contribution in [2.24, 2.45) is 0 Å². The van der Waals surface area contributed by atoms with Crippen molar-refractivity contribution < 1.29 is 0 Å².